The highest BCUT2D eigenvalue weighted by atomic mass is 16.4. The van der Waals surface area contributed by atoms with Gasteiger partial charge in [0.05, 0.1) is 12.7 Å². The Hall–Kier alpha value is -1.47. The predicted molar refractivity (Wildman–Crippen MR) is 62.8 cm³/mol. The molecule has 96 valence electrons. The van der Waals surface area contributed by atoms with E-state index >= 15 is 0 Å². The van der Waals surface area contributed by atoms with Crippen LogP contribution >= 0.6 is 0 Å². The Morgan fingerprint density at radius 1 is 1.59 bits per heavy atom. The molecular weight excluding hydrogens is 224 g/mol. The third kappa shape index (κ3) is 5.41. The molecule has 7 nitrogen and oxygen atoms in total. The van der Waals surface area contributed by atoms with Crippen molar-refractivity contribution in [2.75, 3.05) is 19.8 Å². The van der Waals surface area contributed by atoms with Crippen molar-refractivity contribution in [1.29, 1.82) is 0 Å². The average molecular weight is 242 g/mol. The topological polar surface area (TPSA) is 117 Å². The summed E-state index contributed by atoms with van der Waals surface area (Å²) >= 11 is 0. The van der Waals surface area contributed by atoms with Gasteiger partial charge in [0.15, 0.2) is 0 Å². The second-order valence-corrected chi connectivity index (χ2v) is 3.91. The maximum Gasteiger partial charge on any atom is 0.303 e. The first-order chi connectivity index (χ1) is 8.09. The zero-order valence-corrected chi connectivity index (χ0v) is 9.61. The third-order valence-corrected chi connectivity index (χ3v) is 2.40. The van der Waals surface area contributed by atoms with E-state index < -0.39 is 12.0 Å². The summed E-state index contributed by atoms with van der Waals surface area (Å²) in [6, 6.07) is -0.613. The van der Waals surface area contributed by atoms with Crippen LogP contribution in [0.3, 0.4) is 0 Å². The number of nitrogens with one attached hydrogen (secondary N) is 2. The first kappa shape index (κ1) is 13.6. The highest BCUT2D eigenvalue weighted by molar-refractivity contribution is 5.93. The maximum atomic E-state index is 11.5. The van der Waals surface area contributed by atoms with Gasteiger partial charge in [0.2, 0.25) is 5.91 Å². The number of hydrogen-bond acceptors (Lipinski definition) is 5. The van der Waals surface area contributed by atoms with Gasteiger partial charge in [-0.25, -0.2) is 0 Å². The number of carboxylic acids is 1. The largest absolute Gasteiger partial charge is 0.481 e. The van der Waals surface area contributed by atoms with E-state index in [1.807, 2.05) is 0 Å². The molecule has 1 rings (SSSR count). The third-order valence-electron chi connectivity index (χ3n) is 2.40. The fourth-order valence-electron chi connectivity index (χ4n) is 1.49. The second-order valence-electron chi connectivity index (χ2n) is 3.91. The Kier molecular flexibility index (Phi) is 5.58. The van der Waals surface area contributed by atoms with Crippen LogP contribution in [0.1, 0.15) is 19.3 Å². The van der Waals surface area contributed by atoms with Crippen molar-refractivity contribution in [2.24, 2.45) is 10.7 Å². The first-order valence-corrected chi connectivity index (χ1v) is 5.57. The van der Waals surface area contributed by atoms with Gasteiger partial charge in [-0.1, -0.05) is 0 Å². The zero-order valence-electron chi connectivity index (χ0n) is 9.61. The van der Waals surface area contributed by atoms with E-state index in [-0.39, 0.29) is 12.3 Å². The number of carboxylic acid groups (broad SMARTS) is 1. The van der Waals surface area contributed by atoms with Crippen LogP contribution < -0.4 is 16.4 Å². The molecule has 0 spiro atoms. The van der Waals surface area contributed by atoms with Crippen LogP contribution in [0.25, 0.3) is 0 Å². The molecule has 1 aliphatic rings. The number of nitrogens with zero attached hydrogens (tertiary/aromatic N) is 1. The Bertz CT molecular complexity index is 317. The zero-order chi connectivity index (χ0) is 12.7. The summed E-state index contributed by atoms with van der Waals surface area (Å²) in [5.41, 5.74) is 6.60. The summed E-state index contributed by atoms with van der Waals surface area (Å²) in [7, 11) is 0. The van der Waals surface area contributed by atoms with Gasteiger partial charge in [0.1, 0.15) is 0 Å². The molecule has 0 saturated heterocycles. The average Bonchev–Trinajstić information content (AvgIpc) is 2.76. The Labute approximate surface area is 99.5 Å². The molecule has 7 heteroatoms. The number of rotatable bonds is 7. The molecule has 0 aromatic rings. The summed E-state index contributed by atoms with van der Waals surface area (Å²) in [4.78, 5) is 25.9. The van der Waals surface area contributed by atoms with Crippen molar-refractivity contribution < 1.29 is 14.7 Å². The molecule has 0 aliphatic carbocycles. The quantitative estimate of drug-likeness (QED) is 0.413. The van der Waals surface area contributed by atoms with Gasteiger partial charge in [-0.2, -0.15) is 0 Å². The smallest absolute Gasteiger partial charge is 0.303 e. The predicted octanol–water partition coefficient (Wildman–Crippen LogP) is -1.31. The minimum absolute atomic E-state index is 0.0478. The molecule has 1 aliphatic heterocycles. The Balaban J connectivity index is 2.15. The van der Waals surface area contributed by atoms with E-state index in [4.69, 9.17) is 10.8 Å². The summed E-state index contributed by atoms with van der Waals surface area (Å²) < 4.78 is 0. The van der Waals surface area contributed by atoms with E-state index in [0.29, 0.717) is 32.6 Å². The molecule has 0 aromatic heterocycles. The standard InChI is InChI=1S/C10H18N4O3/c11-8(4-7-5-12-6-14-7)10(17)13-3-1-2-9(15)16/h8,12H,1-6,11H2,(H,13,17)(H,15,16). The fourth-order valence-corrected chi connectivity index (χ4v) is 1.49. The molecule has 1 amide bonds. The van der Waals surface area contributed by atoms with Crippen LogP contribution in [-0.2, 0) is 9.59 Å². The van der Waals surface area contributed by atoms with Crippen molar-refractivity contribution in [2.45, 2.75) is 25.3 Å². The van der Waals surface area contributed by atoms with Gasteiger partial charge in [-0.05, 0) is 6.42 Å². The minimum atomic E-state index is -0.866. The molecule has 0 saturated carbocycles. The molecule has 1 unspecified atom stereocenters. The SMILES string of the molecule is NC(CC1=NCNC1)C(=O)NCCCC(=O)O. The van der Waals surface area contributed by atoms with E-state index in [0.717, 1.165) is 5.71 Å². The molecule has 0 fully saturated rings. The molecule has 0 aromatic carbocycles. The van der Waals surface area contributed by atoms with Crippen molar-refractivity contribution >= 4 is 17.6 Å². The molecule has 1 heterocycles. The summed E-state index contributed by atoms with van der Waals surface area (Å²) in [5, 5.41) is 14.1. The fraction of sp³-hybridized carbons (Fsp3) is 0.700. The minimum Gasteiger partial charge on any atom is -0.481 e. The summed E-state index contributed by atoms with van der Waals surface area (Å²) in [6.45, 7) is 1.60. The maximum absolute atomic E-state index is 11.5. The van der Waals surface area contributed by atoms with Gasteiger partial charge in [-0.3, -0.25) is 19.9 Å². The molecule has 5 N–H and O–H groups in total. The van der Waals surface area contributed by atoms with Gasteiger partial charge in [-0.15, -0.1) is 0 Å². The number of aliphatic imine (C=N–C) groups is 1. The lowest BCUT2D eigenvalue weighted by atomic mass is 10.1. The summed E-state index contributed by atoms with van der Waals surface area (Å²) in [5.74, 6) is -1.13. The number of carbonyl (C=O) groups is 2. The molecular formula is C10H18N4O3. The van der Waals surface area contributed by atoms with Gasteiger partial charge >= 0.3 is 5.97 Å². The van der Waals surface area contributed by atoms with E-state index in [9.17, 15) is 9.59 Å². The van der Waals surface area contributed by atoms with E-state index in [1.165, 1.54) is 0 Å². The summed E-state index contributed by atoms with van der Waals surface area (Å²) in [6.07, 6.45) is 0.903. The van der Waals surface area contributed by atoms with Crippen LogP contribution in [0.5, 0.6) is 0 Å². The highest BCUT2D eigenvalue weighted by Gasteiger charge is 2.17. The lowest BCUT2D eigenvalue weighted by molar-refractivity contribution is -0.137. The second kappa shape index (κ2) is 6.97. The highest BCUT2D eigenvalue weighted by Crippen LogP contribution is 1.97. The number of amides is 1. The van der Waals surface area contributed by atoms with Crippen LogP contribution in [0.2, 0.25) is 0 Å². The number of hydrogen-bond donors (Lipinski definition) is 4. The normalized spacial score (nSPS) is 16.4. The first-order valence-electron chi connectivity index (χ1n) is 5.57. The van der Waals surface area contributed by atoms with Crippen molar-refractivity contribution in [3.8, 4) is 0 Å². The van der Waals surface area contributed by atoms with E-state index in [2.05, 4.69) is 15.6 Å². The van der Waals surface area contributed by atoms with Crippen molar-refractivity contribution in [1.82, 2.24) is 10.6 Å². The van der Waals surface area contributed by atoms with Crippen LogP contribution in [0.4, 0.5) is 0 Å². The lowest BCUT2D eigenvalue weighted by Gasteiger charge is -2.11. The number of nitrogens with two attached hydrogens (primary N) is 1. The van der Waals surface area contributed by atoms with Gasteiger partial charge in [0.25, 0.3) is 0 Å². The van der Waals surface area contributed by atoms with Crippen LogP contribution in [-0.4, -0.2) is 48.5 Å². The molecule has 0 bridgehead atoms. The number of aliphatic carboxylic acids is 1. The number of carbonyl (C=O) groups excluding carboxylic acids is 1. The van der Waals surface area contributed by atoms with Gasteiger partial charge in [0, 0.05) is 31.6 Å². The molecule has 17 heavy (non-hydrogen) atoms. The van der Waals surface area contributed by atoms with Gasteiger partial charge < -0.3 is 16.2 Å². The van der Waals surface area contributed by atoms with Crippen molar-refractivity contribution in [3.05, 3.63) is 0 Å². The lowest BCUT2D eigenvalue weighted by Crippen LogP contribution is -2.42. The van der Waals surface area contributed by atoms with Crippen molar-refractivity contribution in [3.63, 3.8) is 0 Å². The Morgan fingerprint density at radius 2 is 2.35 bits per heavy atom. The van der Waals surface area contributed by atoms with E-state index in [1.54, 1.807) is 0 Å². The Morgan fingerprint density at radius 3 is 2.94 bits per heavy atom. The molecule has 0 radical (unpaired) electrons. The molecule has 1 atom stereocenters. The monoisotopic (exact) mass is 242 g/mol. The van der Waals surface area contributed by atoms with Crippen LogP contribution in [0, 0.1) is 0 Å². The van der Waals surface area contributed by atoms with Crippen LogP contribution in [0.15, 0.2) is 4.99 Å².